The molecule has 1 aliphatic heterocycles. The van der Waals surface area contributed by atoms with E-state index in [9.17, 15) is 9.59 Å². The van der Waals surface area contributed by atoms with Crippen LogP contribution in [0.5, 0.6) is 0 Å². The number of carbonyl (C=O) groups excluding carboxylic acids is 2. The zero-order valence-corrected chi connectivity index (χ0v) is 15.6. The van der Waals surface area contributed by atoms with E-state index in [1.165, 1.54) is 0 Å². The van der Waals surface area contributed by atoms with Crippen LogP contribution in [0, 0.1) is 6.92 Å². The normalized spacial score (nSPS) is 17.9. The molecule has 11 nitrogen and oxygen atoms in total. The van der Waals surface area contributed by atoms with Gasteiger partial charge in [0.1, 0.15) is 11.5 Å². The number of nitrogens with one attached hydrogen (secondary N) is 3. The summed E-state index contributed by atoms with van der Waals surface area (Å²) in [5.74, 6) is 0.984. The van der Waals surface area contributed by atoms with Gasteiger partial charge in [-0.25, -0.2) is 0 Å². The van der Waals surface area contributed by atoms with Crippen molar-refractivity contribution in [3.8, 4) is 0 Å². The Morgan fingerprint density at radius 1 is 1.34 bits per heavy atom. The zero-order chi connectivity index (χ0) is 20.0. The first-order chi connectivity index (χ1) is 14.0. The summed E-state index contributed by atoms with van der Waals surface area (Å²) in [5, 5.41) is 17.1. The second-order valence-corrected chi connectivity index (χ2v) is 7.13. The summed E-state index contributed by atoms with van der Waals surface area (Å²) >= 11 is 0. The second kappa shape index (κ2) is 6.69. The highest BCUT2D eigenvalue weighted by molar-refractivity contribution is 6.15. The van der Waals surface area contributed by atoms with Gasteiger partial charge in [0, 0.05) is 23.2 Å². The van der Waals surface area contributed by atoms with E-state index in [1.54, 1.807) is 16.8 Å². The fraction of sp³-hybridized carbons (Fsp3) is 0.333. The molecule has 148 valence electrons. The van der Waals surface area contributed by atoms with Crippen LogP contribution in [0.4, 0.5) is 11.9 Å². The third kappa shape index (κ3) is 3.53. The zero-order valence-electron chi connectivity index (χ0n) is 15.6. The Morgan fingerprint density at radius 2 is 2.21 bits per heavy atom. The van der Waals surface area contributed by atoms with Crippen LogP contribution in [0.1, 0.15) is 36.3 Å². The van der Waals surface area contributed by atoms with E-state index in [4.69, 9.17) is 4.52 Å². The van der Waals surface area contributed by atoms with Gasteiger partial charge in [0.05, 0.1) is 19.2 Å². The Morgan fingerprint density at radius 3 is 2.90 bits per heavy atom. The number of imide groups is 1. The largest absolute Gasteiger partial charge is 0.361 e. The first-order valence-corrected chi connectivity index (χ1v) is 9.28. The Bertz CT molecular complexity index is 1160. The minimum atomic E-state index is -0.389. The highest BCUT2D eigenvalue weighted by Gasteiger charge is 2.26. The molecule has 3 N–H and O–H groups in total. The van der Waals surface area contributed by atoms with Crippen molar-refractivity contribution in [1.82, 2.24) is 30.1 Å². The number of amides is 2. The van der Waals surface area contributed by atoms with Gasteiger partial charge in [0.15, 0.2) is 5.65 Å². The molecule has 1 saturated heterocycles. The molecule has 5 rings (SSSR count). The van der Waals surface area contributed by atoms with Crippen molar-refractivity contribution in [1.29, 1.82) is 0 Å². The highest BCUT2D eigenvalue weighted by atomic mass is 16.5. The van der Waals surface area contributed by atoms with E-state index < -0.39 is 0 Å². The smallest absolute Gasteiger partial charge is 0.254 e. The highest BCUT2D eigenvalue weighted by Crippen LogP contribution is 2.26. The molecule has 0 bridgehead atoms. The standard InChI is InChI=1S/C18H18N8O3/c1-9-4-13(25-29-9)8-19-17-23-15-11(5-10-6-14(27)22-16(10)28)7-20-26(15)18(24-17)21-12-2-3-12/h4-5,7,12H,2-3,6,8H2,1H3,(H,22,27,28)(H2,19,21,23,24)/b10-5+. The molecule has 4 heterocycles. The van der Waals surface area contributed by atoms with E-state index in [2.05, 4.69) is 36.2 Å². The molecule has 11 heteroatoms. The summed E-state index contributed by atoms with van der Waals surface area (Å²) in [6.45, 7) is 2.23. The third-order valence-corrected chi connectivity index (χ3v) is 4.64. The average molecular weight is 394 g/mol. The fourth-order valence-electron chi connectivity index (χ4n) is 3.06. The topological polar surface area (TPSA) is 139 Å². The third-order valence-electron chi connectivity index (χ3n) is 4.64. The van der Waals surface area contributed by atoms with Gasteiger partial charge in [-0.3, -0.25) is 14.9 Å². The van der Waals surface area contributed by atoms with Gasteiger partial charge in [-0.05, 0) is 25.8 Å². The molecule has 29 heavy (non-hydrogen) atoms. The van der Waals surface area contributed by atoms with Gasteiger partial charge < -0.3 is 15.2 Å². The minimum Gasteiger partial charge on any atom is -0.361 e. The number of rotatable bonds is 6. The van der Waals surface area contributed by atoms with Crippen molar-refractivity contribution in [2.75, 3.05) is 10.6 Å². The van der Waals surface area contributed by atoms with E-state index in [0.29, 0.717) is 41.3 Å². The Hall–Kier alpha value is -3.76. The lowest BCUT2D eigenvalue weighted by Crippen LogP contribution is -2.19. The minimum absolute atomic E-state index is 0.0467. The SMILES string of the molecule is Cc1cc(CNc2nc(NC3CC3)n3ncc(/C=C4\CC(=O)NC4=O)c3n2)no1. The summed E-state index contributed by atoms with van der Waals surface area (Å²) in [6.07, 6.45) is 5.45. The van der Waals surface area contributed by atoms with Crippen LogP contribution in [0.2, 0.25) is 0 Å². The summed E-state index contributed by atoms with van der Waals surface area (Å²) < 4.78 is 6.68. The monoisotopic (exact) mass is 394 g/mol. The number of nitrogens with zero attached hydrogens (tertiary/aromatic N) is 5. The van der Waals surface area contributed by atoms with Crippen molar-refractivity contribution in [3.63, 3.8) is 0 Å². The fourth-order valence-corrected chi connectivity index (χ4v) is 3.06. The molecule has 0 aromatic carbocycles. The van der Waals surface area contributed by atoms with Crippen molar-refractivity contribution in [3.05, 3.63) is 34.9 Å². The number of fused-ring (bicyclic) bond motifs is 1. The summed E-state index contributed by atoms with van der Waals surface area (Å²) in [7, 11) is 0. The molecule has 1 saturated carbocycles. The average Bonchev–Trinajstić information content (AvgIpc) is 3.10. The lowest BCUT2D eigenvalue weighted by molar-refractivity contribution is -0.124. The van der Waals surface area contributed by atoms with Gasteiger partial charge in [0.2, 0.25) is 17.8 Å². The molecule has 3 aromatic heterocycles. The quantitative estimate of drug-likeness (QED) is 0.413. The number of hydrogen-bond donors (Lipinski definition) is 3. The second-order valence-electron chi connectivity index (χ2n) is 7.13. The predicted molar refractivity (Wildman–Crippen MR) is 102 cm³/mol. The van der Waals surface area contributed by atoms with Gasteiger partial charge in [-0.15, -0.1) is 0 Å². The number of carbonyl (C=O) groups is 2. The van der Waals surface area contributed by atoms with Crippen LogP contribution in [0.15, 0.2) is 22.4 Å². The first kappa shape index (κ1) is 17.3. The maximum Gasteiger partial charge on any atom is 0.254 e. The van der Waals surface area contributed by atoms with E-state index in [-0.39, 0.29) is 18.2 Å². The van der Waals surface area contributed by atoms with Crippen molar-refractivity contribution in [2.24, 2.45) is 0 Å². The number of anilines is 2. The van der Waals surface area contributed by atoms with E-state index in [1.807, 2.05) is 13.0 Å². The molecule has 0 unspecified atom stereocenters. The molecule has 0 atom stereocenters. The lowest BCUT2D eigenvalue weighted by Gasteiger charge is -2.09. The first-order valence-electron chi connectivity index (χ1n) is 9.28. The summed E-state index contributed by atoms with van der Waals surface area (Å²) in [5.41, 5.74) is 2.28. The van der Waals surface area contributed by atoms with Gasteiger partial charge >= 0.3 is 0 Å². The Kier molecular flexibility index (Phi) is 4.00. The molecule has 2 amide bonds. The Balaban J connectivity index is 1.50. The molecule has 1 aliphatic carbocycles. The van der Waals surface area contributed by atoms with Crippen molar-refractivity contribution >= 4 is 35.4 Å². The van der Waals surface area contributed by atoms with Crippen LogP contribution in [-0.4, -0.2) is 42.6 Å². The molecule has 0 spiro atoms. The molecule has 0 radical (unpaired) electrons. The molecular formula is C18H18N8O3. The van der Waals surface area contributed by atoms with Gasteiger partial charge in [-0.1, -0.05) is 5.16 Å². The van der Waals surface area contributed by atoms with Crippen LogP contribution in [0.25, 0.3) is 11.7 Å². The molecular weight excluding hydrogens is 376 g/mol. The lowest BCUT2D eigenvalue weighted by atomic mass is 10.1. The maximum atomic E-state index is 11.9. The van der Waals surface area contributed by atoms with Crippen LogP contribution >= 0.6 is 0 Å². The molecule has 3 aromatic rings. The Labute approximate surface area is 164 Å². The molecule has 2 fully saturated rings. The van der Waals surface area contributed by atoms with Gasteiger partial charge in [-0.2, -0.15) is 19.6 Å². The number of hydrogen-bond acceptors (Lipinski definition) is 9. The summed E-state index contributed by atoms with van der Waals surface area (Å²) in [4.78, 5) is 32.4. The molecule has 2 aliphatic rings. The van der Waals surface area contributed by atoms with E-state index >= 15 is 0 Å². The maximum absolute atomic E-state index is 11.9. The number of aryl methyl sites for hydroxylation is 1. The van der Waals surface area contributed by atoms with Crippen LogP contribution < -0.4 is 16.0 Å². The number of aromatic nitrogens is 5. The predicted octanol–water partition coefficient (Wildman–Crippen LogP) is 1.04. The van der Waals surface area contributed by atoms with Crippen molar-refractivity contribution in [2.45, 2.75) is 38.8 Å². The van der Waals surface area contributed by atoms with Gasteiger partial charge in [0.25, 0.3) is 5.91 Å². The van der Waals surface area contributed by atoms with Crippen molar-refractivity contribution < 1.29 is 14.1 Å². The van der Waals surface area contributed by atoms with Crippen LogP contribution in [0.3, 0.4) is 0 Å². The van der Waals surface area contributed by atoms with Crippen LogP contribution in [-0.2, 0) is 16.1 Å². The van der Waals surface area contributed by atoms with E-state index in [0.717, 1.165) is 24.3 Å². The summed E-state index contributed by atoms with van der Waals surface area (Å²) in [6, 6.07) is 2.20.